The third kappa shape index (κ3) is 2.79. The molecule has 6 atom stereocenters. The molecule has 0 N–H and O–H groups in total. The average Bonchev–Trinajstić information content (AvgIpc) is 3.56. The number of imide groups is 1. The summed E-state index contributed by atoms with van der Waals surface area (Å²) in [5, 5.41) is 0. The molecule has 4 aliphatic carbocycles. The molecule has 5 heteroatoms. The van der Waals surface area contributed by atoms with Crippen LogP contribution in [0.4, 0.5) is 5.69 Å². The summed E-state index contributed by atoms with van der Waals surface area (Å²) in [6.07, 6.45) is 5.49. The maximum Gasteiger partial charge on any atom is 0.238 e. The fourth-order valence-electron chi connectivity index (χ4n) is 5.90. The lowest BCUT2D eigenvalue weighted by molar-refractivity contribution is -0.124. The predicted octanol–water partition coefficient (Wildman–Crippen LogP) is 3.81. The number of hydrogen-bond acceptors (Lipinski definition) is 4. The number of carbonyl (C=O) groups is 3. The minimum absolute atomic E-state index is 0.0902. The lowest BCUT2D eigenvalue weighted by atomic mass is 9.63. The van der Waals surface area contributed by atoms with Gasteiger partial charge in [-0.05, 0) is 49.1 Å². The third-order valence-electron chi connectivity index (χ3n) is 7.48. The van der Waals surface area contributed by atoms with E-state index in [1.54, 1.807) is 36.4 Å². The van der Waals surface area contributed by atoms with E-state index >= 15 is 0 Å². The van der Waals surface area contributed by atoms with E-state index in [0.717, 1.165) is 12.0 Å². The molecule has 2 amide bonds. The number of benzene rings is 2. The summed E-state index contributed by atoms with van der Waals surface area (Å²) in [7, 11) is 0. The van der Waals surface area contributed by atoms with Crippen molar-refractivity contribution in [3.63, 3.8) is 0 Å². The maximum absolute atomic E-state index is 13.3. The van der Waals surface area contributed by atoms with Gasteiger partial charge >= 0.3 is 0 Å². The van der Waals surface area contributed by atoms with Gasteiger partial charge in [0.05, 0.1) is 17.5 Å². The Labute approximate surface area is 180 Å². The molecular weight excluding hydrogens is 390 g/mol. The van der Waals surface area contributed by atoms with Gasteiger partial charge in [0.1, 0.15) is 5.75 Å². The number of rotatable bonds is 5. The second-order valence-electron chi connectivity index (χ2n) is 9.24. The molecule has 0 unspecified atom stereocenters. The zero-order chi connectivity index (χ0) is 21.3. The van der Waals surface area contributed by atoms with Crippen LogP contribution in [0.15, 0.2) is 60.7 Å². The summed E-state index contributed by atoms with van der Waals surface area (Å²) in [6.45, 7) is 1.87. The molecule has 3 fully saturated rings. The van der Waals surface area contributed by atoms with Crippen LogP contribution in [0.2, 0.25) is 0 Å². The SMILES string of the molecule is Cc1ccc(C(=O)COc2cccc(N3C(=O)[C@@H]4[C@@H]5C=C[C@@H]([C@H]6C[C@@H]56)[C@@H]4C3=O)c2)cc1. The highest BCUT2D eigenvalue weighted by molar-refractivity contribution is 6.22. The Kier molecular flexibility index (Phi) is 3.98. The number of ketones is 1. The molecule has 2 saturated carbocycles. The van der Waals surface area contributed by atoms with Crippen LogP contribution < -0.4 is 9.64 Å². The Hall–Kier alpha value is -3.21. The van der Waals surface area contributed by atoms with Crippen molar-refractivity contribution in [3.8, 4) is 5.75 Å². The van der Waals surface area contributed by atoms with Gasteiger partial charge in [-0.2, -0.15) is 0 Å². The van der Waals surface area contributed by atoms with E-state index in [-0.39, 0.29) is 47.9 Å². The van der Waals surface area contributed by atoms with Crippen molar-refractivity contribution in [2.24, 2.45) is 35.5 Å². The lowest BCUT2D eigenvalue weighted by Crippen LogP contribution is -2.40. The molecule has 1 saturated heterocycles. The van der Waals surface area contributed by atoms with E-state index in [9.17, 15) is 14.4 Å². The fourth-order valence-corrected chi connectivity index (χ4v) is 5.90. The molecule has 31 heavy (non-hydrogen) atoms. The molecule has 2 aromatic rings. The van der Waals surface area contributed by atoms with Gasteiger partial charge in [0, 0.05) is 11.6 Å². The van der Waals surface area contributed by atoms with Gasteiger partial charge in [0.15, 0.2) is 12.4 Å². The first kappa shape index (κ1) is 18.6. The number of carbonyl (C=O) groups excluding carboxylic acids is 3. The molecule has 1 heterocycles. The number of aryl methyl sites for hydroxylation is 1. The van der Waals surface area contributed by atoms with Gasteiger partial charge < -0.3 is 4.74 Å². The average molecular weight is 413 g/mol. The van der Waals surface area contributed by atoms with Crippen LogP contribution in [-0.2, 0) is 9.59 Å². The second-order valence-corrected chi connectivity index (χ2v) is 9.24. The number of allylic oxidation sites excluding steroid dienone is 2. The van der Waals surface area contributed by atoms with Crippen LogP contribution >= 0.6 is 0 Å². The highest BCUT2D eigenvalue weighted by Gasteiger charge is 2.67. The monoisotopic (exact) mass is 413 g/mol. The molecule has 0 radical (unpaired) electrons. The van der Waals surface area contributed by atoms with Crippen molar-refractivity contribution in [2.75, 3.05) is 11.5 Å². The first-order chi connectivity index (χ1) is 15.0. The van der Waals surface area contributed by atoms with Crippen LogP contribution in [0.5, 0.6) is 5.75 Å². The number of anilines is 1. The van der Waals surface area contributed by atoms with Crippen molar-refractivity contribution in [1.82, 2.24) is 0 Å². The van der Waals surface area contributed by atoms with Crippen LogP contribution in [0.25, 0.3) is 0 Å². The normalized spacial score (nSPS) is 32.1. The topological polar surface area (TPSA) is 63.7 Å². The van der Waals surface area contributed by atoms with E-state index in [4.69, 9.17) is 4.74 Å². The highest BCUT2D eigenvalue weighted by Crippen LogP contribution is 2.65. The Morgan fingerprint density at radius 1 is 0.968 bits per heavy atom. The molecule has 0 spiro atoms. The smallest absolute Gasteiger partial charge is 0.238 e. The molecule has 2 bridgehead atoms. The van der Waals surface area contributed by atoms with Gasteiger partial charge in [-0.3, -0.25) is 14.4 Å². The molecule has 156 valence electrons. The fraction of sp³-hybridized carbons (Fsp3) is 0.346. The number of hydrogen-bond donors (Lipinski definition) is 0. The Balaban J connectivity index is 1.20. The van der Waals surface area contributed by atoms with E-state index in [1.165, 1.54) is 4.90 Å². The summed E-state index contributed by atoms with van der Waals surface area (Å²) in [5.41, 5.74) is 2.21. The lowest BCUT2D eigenvalue weighted by Gasteiger charge is -2.37. The quantitative estimate of drug-likeness (QED) is 0.425. The summed E-state index contributed by atoms with van der Waals surface area (Å²) in [6, 6.07) is 14.3. The van der Waals surface area contributed by atoms with Gasteiger partial charge in [-0.25, -0.2) is 4.90 Å². The molecule has 5 aliphatic rings. The standard InChI is InChI=1S/C26H23NO4/c1-14-5-7-15(8-6-14)22(28)13-31-17-4-2-3-16(11-17)27-25(29)23-18-9-10-19(21-12-20(18)21)24(23)26(27)30/h2-11,18-21,23-24H,12-13H2,1H3/t18-,19+,20+,21-,23-,24+. The molecular formula is C26H23NO4. The van der Waals surface area contributed by atoms with Crippen molar-refractivity contribution < 1.29 is 19.1 Å². The second kappa shape index (κ2) is 6.64. The number of nitrogens with zero attached hydrogens (tertiary/aromatic N) is 1. The van der Waals surface area contributed by atoms with Crippen molar-refractivity contribution in [3.05, 3.63) is 71.8 Å². The van der Waals surface area contributed by atoms with Gasteiger partial charge in [0.2, 0.25) is 11.8 Å². The van der Waals surface area contributed by atoms with Crippen molar-refractivity contribution >= 4 is 23.3 Å². The van der Waals surface area contributed by atoms with Crippen molar-refractivity contribution in [1.29, 1.82) is 0 Å². The number of amides is 2. The van der Waals surface area contributed by atoms with E-state index in [2.05, 4.69) is 12.2 Å². The summed E-state index contributed by atoms with van der Waals surface area (Å²) in [4.78, 5) is 40.3. The number of Topliss-reactive ketones (excluding diaryl/α,β-unsaturated/α-hetero) is 1. The highest BCUT2D eigenvalue weighted by atomic mass is 16.5. The Bertz CT molecular complexity index is 1100. The minimum atomic E-state index is -0.223. The van der Waals surface area contributed by atoms with E-state index in [1.807, 2.05) is 19.1 Å². The third-order valence-corrected chi connectivity index (χ3v) is 7.48. The zero-order valence-electron chi connectivity index (χ0n) is 17.2. The summed E-state index contributed by atoms with van der Waals surface area (Å²) >= 11 is 0. The van der Waals surface area contributed by atoms with Crippen LogP contribution in [-0.4, -0.2) is 24.2 Å². The predicted molar refractivity (Wildman–Crippen MR) is 115 cm³/mol. The van der Waals surface area contributed by atoms with Crippen LogP contribution in [0.3, 0.4) is 0 Å². The van der Waals surface area contributed by atoms with E-state index < -0.39 is 0 Å². The van der Waals surface area contributed by atoms with E-state index in [0.29, 0.717) is 28.8 Å². The molecule has 5 nitrogen and oxygen atoms in total. The summed E-state index contributed by atoms with van der Waals surface area (Å²) in [5.74, 6) is 1.29. The number of ether oxygens (including phenoxy) is 1. The van der Waals surface area contributed by atoms with Crippen LogP contribution in [0, 0.1) is 42.4 Å². The van der Waals surface area contributed by atoms with Gasteiger partial charge in [0.25, 0.3) is 0 Å². The minimum Gasteiger partial charge on any atom is -0.485 e. The summed E-state index contributed by atoms with van der Waals surface area (Å²) < 4.78 is 5.71. The Morgan fingerprint density at radius 3 is 2.26 bits per heavy atom. The molecule has 0 aromatic heterocycles. The molecule has 7 rings (SSSR count). The zero-order valence-corrected chi connectivity index (χ0v) is 17.2. The first-order valence-electron chi connectivity index (χ1n) is 10.9. The van der Waals surface area contributed by atoms with Gasteiger partial charge in [-0.1, -0.05) is 48.0 Å². The maximum atomic E-state index is 13.3. The van der Waals surface area contributed by atoms with Crippen molar-refractivity contribution in [2.45, 2.75) is 13.3 Å². The van der Waals surface area contributed by atoms with Crippen LogP contribution in [0.1, 0.15) is 22.3 Å². The van der Waals surface area contributed by atoms with Gasteiger partial charge in [-0.15, -0.1) is 0 Å². The first-order valence-corrected chi connectivity index (χ1v) is 10.9. The molecule has 1 aliphatic heterocycles. The Morgan fingerprint density at radius 2 is 1.61 bits per heavy atom. The largest absolute Gasteiger partial charge is 0.485 e. The molecule has 2 aromatic carbocycles.